The fraction of sp³-hybridized carbons (Fsp3) is 0.238. The molecule has 1 amide bonds. The van der Waals surface area contributed by atoms with Gasteiger partial charge in [-0.3, -0.25) is 9.59 Å². The number of carbonyl (C=O) groups is 1. The third-order valence-electron chi connectivity index (χ3n) is 4.41. The summed E-state index contributed by atoms with van der Waals surface area (Å²) in [4.78, 5) is 29.6. The smallest absolute Gasteiger partial charge is 0.254 e. The summed E-state index contributed by atoms with van der Waals surface area (Å²) in [5.41, 5.74) is 2.39. The van der Waals surface area contributed by atoms with Crippen LogP contribution >= 0.6 is 0 Å². The predicted octanol–water partition coefficient (Wildman–Crippen LogP) is 2.48. The van der Waals surface area contributed by atoms with Gasteiger partial charge in [-0.15, -0.1) is 0 Å². The molecule has 2 N–H and O–H groups in total. The molecule has 0 aliphatic heterocycles. The third kappa shape index (κ3) is 4.17. The van der Waals surface area contributed by atoms with Gasteiger partial charge in [0.1, 0.15) is 5.75 Å². The van der Waals surface area contributed by atoms with Crippen LogP contribution in [0.4, 0.5) is 0 Å². The van der Waals surface area contributed by atoms with Crippen molar-refractivity contribution < 1.29 is 14.6 Å². The number of aliphatic hydroxyl groups excluding tert-OH is 1. The number of methoxy groups -OCH3 is 1. The highest BCUT2D eigenvalue weighted by molar-refractivity contribution is 5.94. The van der Waals surface area contributed by atoms with Crippen LogP contribution in [-0.4, -0.2) is 41.2 Å². The Labute approximate surface area is 157 Å². The van der Waals surface area contributed by atoms with Crippen LogP contribution in [0.2, 0.25) is 0 Å². The van der Waals surface area contributed by atoms with Crippen LogP contribution in [-0.2, 0) is 6.54 Å². The van der Waals surface area contributed by atoms with Crippen LogP contribution in [0.3, 0.4) is 0 Å². The lowest BCUT2D eigenvalue weighted by molar-refractivity contribution is 0.0707. The molecule has 0 saturated heterocycles. The molecule has 1 heterocycles. The maximum absolute atomic E-state index is 12.8. The van der Waals surface area contributed by atoms with Crippen molar-refractivity contribution in [1.82, 2.24) is 9.88 Å². The molecule has 0 atom stereocenters. The zero-order valence-corrected chi connectivity index (χ0v) is 15.4. The first-order valence-corrected chi connectivity index (χ1v) is 8.68. The molecule has 0 unspecified atom stereocenters. The molecule has 0 saturated carbocycles. The van der Waals surface area contributed by atoms with E-state index < -0.39 is 0 Å². The molecule has 2 aromatic carbocycles. The Morgan fingerprint density at radius 2 is 2.00 bits per heavy atom. The highest BCUT2D eigenvalue weighted by Crippen LogP contribution is 2.19. The van der Waals surface area contributed by atoms with E-state index in [1.54, 1.807) is 37.4 Å². The van der Waals surface area contributed by atoms with Gasteiger partial charge in [0.2, 0.25) is 0 Å². The number of rotatable bonds is 6. The van der Waals surface area contributed by atoms with Crippen molar-refractivity contribution >= 4 is 16.8 Å². The number of hydrogen-bond acceptors (Lipinski definition) is 4. The summed E-state index contributed by atoms with van der Waals surface area (Å²) in [6.07, 6.45) is 0. The van der Waals surface area contributed by atoms with Crippen LogP contribution in [0.25, 0.3) is 10.9 Å². The Kier molecular flexibility index (Phi) is 5.57. The lowest BCUT2D eigenvalue weighted by atomic mass is 10.1. The summed E-state index contributed by atoms with van der Waals surface area (Å²) >= 11 is 0. The van der Waals surface area contributed by atoms with Crippen molar-refractivity contribution in [2.75, 3.05) is 20.3 Å². The molecule has 1 aromatic heterocycles. The summed E-state index contributed by atoms with van der Waals surface area (Å²) in [6, 6.07) is 14.4. The molecule has 6 nitrogen and oxygen atoms in total. The molecular formula is C21H22N2O4. The van der Waals surface area contributed by atoms with Gasteiger partial charge in [0.25, 0.3) is 11.5 Å². The van der Waals surface area contributed by atoms with E-state index in [2.05, 4.69) is 4.98 Å². The first kappa shape index (κ1) is 18.7. The largest absolute Gasteiger partial charge is 0.497 e. The number of fused-ring (bicyclic) bond motifs is 1. The second-order valence-electron chi connectivity index (χ2n) is 6.40. The lowest BCUT2D eigenvalue weighted by Gasteiger charge is -2.22. The van der Waals surface area contributed by atoms with Gasteiger partial charge in [-0.1, -0.05) is 17.7 Å². The van der Waals surface area contributed by atoms with Crippen molar-refractivity contribution in [3.63, 3.8) is 0 Å². The van der Waals surface area contributed by atoms with Crippen LogP contribution < -0.4 is 10.3 Å². The molecule has 6 heteroatoms. The maximum atomic E-state index is 12.8. The average molecular weight is 366 g/mol. The number of amides is 1. The molecule has 0 aliphatic carbocycles. The number of aliphatic hydroxyl groups is 1. The van der Waals surface area contributed by atoms with Crippen molar-refractivity contribution in [3.8, 4) is 5.75 Å². The molecule has 0 bridgehead atoms. The summed E-state index contributed by atoms with van der Waals surface area (Å²) in [5, 5.41) is 10.2. The van der Waals surface area contributed by atoms with Crippen LogP contribution in [0.15, 0.2) is 53.3 Å². The number of aromatic nitrogens is 1. The SMILES string of the molecule is COc1ccc2[nH]c(=O)c(CN(CCO)C(=O)c3cccc(C)c3)cc2c1. The summed E-state index contributed by atoms with van der Waals surface area (Å²) in [5.74, 6) is 0.460. The lowest BCUT2D eigenvalue weighted by Crippen LogP contribution is -2.35. The minimum absolute atomic E-state index is 0.107. The highest BCUT2D eigenvalue weighted by Gasteiger charge is 2.17. The van der Waals surface area contributed by atoms with Gasteiger partial charge in [0.15, 0.2) is 0 Å². The summed E-state index contributed by atoms with van der Waals surface area (Å²) < 4.78 is 5.23. The Hall–Kier alpha value is -3.12. The molecule has 3 rings (SSSR count). The highest BCUT2D eigenvalue weighted by atomic mass is 16.5. The quantitative estimate of drug-likeness (QED) is 0.702. The van der Waals surface area contributed by atoms with Gasteiger partial charge in [-0.25, -0.2) is 0 Å². The number of H-pyrrole nitrogens is 1. The fourth-order valence-electron chi connectivity index (χ4n) is 3.01. The summed E-state index contributed by atoms with van der Waals surface area (Å²) in [7, 11) is 1.58. The Balaban J connectivity index is 1.95. The van der Waals surface area contributed by atoms with Crippen molar-refractivity contribution in [3.05, 3.63) is 75.6 Å². The normalized spacial score (nSPS) is 10.8. The molecule has 0 fully saturated rings. The number of ether oxygens (including phenoxy) is 1. The average Bonchev–Trinajstić information content (AvgIpc) is 2.67. The van der Waals surface area contributed by atoms with Crippen molar-refractivity contribution in [2.24, 2.45) is 0 Å². The Morgan fingerprint density at radius 1 is 1.19 bits per heavy atom. The van der Waals surface area contributed by atoms with Gasteiger partial charge in [-0.05, 0) is 43.3 Å². The second-order valence-corrected chi connectivity index (χ2v) is 6.40. The number of benzene rings is 2. The molecule has 3 aromatic rings. The van der Waals surface area contributed by atoms with E-state index in [4.69, 9.17) is 4.74 Å². The topological polar surface area (TPSA) is 82.6 Å². The van der Waals surface area contributed by atoms with E-state index in [0.29, 0.717) is 22.4 Å². The van der Waals surface area contributed by atoms with E-state index >= 15 is 0 Å². The fourth-order valence-corrected chi connectivity index (χ4v) is 3.01. The zero-order chi connectivity index (χ0) is 19.4. The predicted molar refractivity (Wildman–Crippen MR) is 104 cm³/mol. The Morgan fingerprint density at radius 3 is 2.70 bits per heavy atom. The van der Waals surface area contributed by atoms with Gasteiger partial charge in [-0.2, -0.15) is 0 Å². The minimum Gasteiger partial charge on any atom is -0.497 e. The van der Waals surface area contributed by atoms with Crippen molar-refractivity contribution in [2.45, 2.75) is 13.5 Å². The van der Waals surface area contributed by atoms with Gasteiger partial charge < -0.3 is 19.7 Å². The van der Waals surface area contributed by atoms with Gasteiger partial charge in [0.05, 0.1) is 20.3 Å². The van der Waals surface area contributed by atoms with E-state index in [0.717, 1.165) is 10.9 Å². The van der Waals surface area contributed by atoms with E-state index in [9.17, 15) is 14.7 Å². The number of nitrogens with zero attached hydrogens (tertiary/aromatic N) is 1. The Bertz CT molecular complexity index is 1030. The molecule has 0 radical (unpaired) electrons. The molecule has 0 aliphatic rings. The first-order chi connectivity index (χ1) is 13.0. The van der Waals surface area contributed by atoms with Crippen LogP contribution in [0, 0.1) is 6.92 Å². The third-order valence-corrected chi connectivity index (χ3v) is 4.41. The minimum atomic E-state index is -0.257. The monoisotopic (exact) mass is 366 g/mol. The maximum Gasteiger partial charge on any atom is 0.254 e. The number of carbonyl (C=O) groups excluding carboxylic acids is 1. The van der Waals surface area contributed by atoms with Gasteiger partial charge in [0, 0.05) is 28.6 Å². The second kappa shape index (κ2) is 8.05. The number of hydrogen-bond donors (Lipinski definition) is 2. The number of pyridine rings is 1. The van der Waals surface area contributed by atoms with Crippen LogP contribution in [0.5, 0.6) is 5.75 Å². The zero-order valence-electron chi connectivity index (χ0n) is 15.4. The molecule has 140 valence electrons. The van der Waals surface area contributed by atoms with E-state index in [-0.39, 0.29) is 31.2 Å². The number of nitrogens with one attached hydrogen (secondary N) is 1. The number of aryl methyl sites for hydroxylation is 1. The molecular weight excluding hydrogens is 344 g/mol. The van der Waals surface area contributed by atoms with Crippen molar-refractivity contribution in [1.29, 1.82) is 0 Å². The standard InChI is InChI=1S/C21H22N2O4/c1-14-4-3-5-15(10-14)21(26)23(8-9-24)13-17-11-16-12-18(27-2)6-7-19(16)22-20(17)25/h3-7,10-12,24H,8-9,13H2,1-2H3,(H,22,25). The first-order valence-electron chi connectivity index (χ1n) is 8.68. The van der Waals surface area contributed by atoms with Crippen LogP contribution in [0.1, 0.15) is 21.5 Å². The molecule has 0 spiro atoms. The van der Waals surface area contributed by atoms with Gasteiger partial charge >= 0.3 is 0 Å². The molecule has 27 heavy (non-hydrogen) atoms. The number of aromatic amines is 1. The summed E-state index contributed by atoms with van der Waals surface area (Å²) in [6.45, 7) is 1.98. The van der Waals surface area contributed by atoms with E-state index in [1.807, 2.05) is 25.1 Å². The van der Waals surface area contributed by atoms with E-state index in [1.165, 1.54) is 4.90 Å².